The quantitative estimate of drug-likeness (QED) is 0.812. The Labute approximate surface area is 104 Å². The van der Waals surface area contributed by atoms with Crippen LogP contribution in [0.15, 0.2) is 35.2 Å². The van der Waals surface area contributed by atoms with Crippen LogP contribution in [0.2, 0.25) is 5.02 Å². The third-order valence-electron chi connectivity index (χ3n) is 2.01. The van der Waals surface area contributed by atoms with Gasteiger partial charge in [0.05, 0.1) is 12.0 Å². The molecule has 0 atom stereocenters. The van der Waals surface area contributed by atoms with E-state index in [2.05, 4.69) is 20.9 Å². The van der Waals surface area contributed by atoms with Crippen LogP contribution in [0, 0.1) is 0 Å². The number of nitrogens with zero attached hydrogens (tertiary/aromatic N) is 2. The molecule has 0 saturated carbocycles. The number of rotatable bonds is 2. The summed E-state index contributed by atoms with van der Waals surface area (Å²) in [4.78, 5) is 3.61. The highest BCUT2D eigenvalue weighted by atomic mass is 79.9. The fourth-order valence-electron chi connectivity index (χ4n) is 1.27. The molecule has 0 aliphatic carbocycles. The Kier molecular flexibility index (Phi) is 3.25. The van der Waals surface area contributed by atoms with Crippen LogP contribution in [0.25, 0.3) is 5.69 Å². The van der Waals surface area contributed by atoms with Gasteiger partial charge < -0.3 is 4.57 Å². The molecule has 0 fully saturated rings. The van der Waals surface area contributed by atoms with E-state index in [0.29, 0.717) is 10.7 Å². The van der Waals surface area contributed by atoms with Crippen LogP contribution in [0.4, 0.5) is 8.78 Å². The lowest BCUT2D eigenvalue weighted by Crippen LogP contribution is -1.91. The van der Waals surface area contributed by atoms with Gasteiger partial charge in [0.25, 0.3) is 6.43 Å². The van der Waals surface area contributed by atoms with Gasteiger partial charge in [-0.3, -0.25) is 0 Å². The van der Waals surface area contributed by atoms with E-state index in [1.165, 1.54) is 17.1 Å². The van der Waals surface area contributed by atoms with Gasteiger partial charge in [-0.15, -0.1) is 0 Å². The van der Waals surface area contributed by atoms with Gasteiger partial charge in [-0.25, -0.2) is 13.8 Å². The molecule has 16 heavy (non-hydrogen) atoms. The van der Waals surface area contributed by atoms with E-state index < -0.39 is 6.43 Å². The summed E-state index contributed by atoms with van der Waals surface area (Å²) in [7, 11) is 0. The zero-order valence-electron chi connectivity index (χ0n) is 7.87. The van der Waals surface area contributed by atoms with Crippen LogP contribution in [0.1, 0.15) is 12.1 Å². The highest BCUT2D eigenvalue weighted by molar-refractivity contribution is 9.10. The lowest BCUT2D eigenvalue weighted by Gasteiger charge is -2.04. The average molecular weight is 308 g/mol. The third kappa shape index (κ3) is 2.25. The minimum Gasteiger partial charge on any atom is -0.305 e. The number of imidazole rings is 1. The molecule has 0 amide bonds. The Morgan fingerprint density at radius 2 is 2.12 bits per heavy atom. The van der Waals surface area contributed by atoms with E-state index >= 15 is 0 Å². The molecular weight excluding hydrogens is 301 g/mol. The van der Waals surface area contributed by atoms with Crippen LogP contribution < -0.4 is 0 Å². The molecule has 6 heteroatoms. The van der Waals surface area contributed by atoms with Gasteiger partial charge in [0.15, 0.2) is 0 Å². The summed E-state index contributed by atoms with van der Waals surface area (Å²) in [5.41, 5.74) is 0.464. The number of alkyl halides is 2. The molecule has 1 aromatic heterocycles. The van der Waals surface area contributed by atoms with Crippen molar-refractivity contribution in [3.8, 4) is 5.69 Å². The van der Waals surface area contributed by atoms with Crippen molar-refractivity contribution in [2.24, 2.45) is 0 Å². The van der Waals surface area contributed by atoms with Crippen molar-refractivity contribution in [1.82, 2.24) is 9.55 Å². The molecule has 0 aliphatic rings. The fraction of sp³-hybridized carbons (Fsp3) is 0.100. The Morgan fingerprint density at radius 3 is 2.69 bits per heavy atom. The summed E-state index contributed by atoms with van der Waals surface area (Å²) < 4.78 is 26.9. The van der Waals surface area contributed by atoms with Gasteiger partial charge in [-0.05, 0) is 34.1 Å². The fourth-order valence-corrected chi connectivity index (χ4v) is 2.16. The second-order valence-electron chi connectivity index (χ2n) is 3.10. The van der Waals surface area contributed by atoms with E-state index in [1.54, 1.807) is 18.2 Å². The molecule has 2 aromatic rings. The SMILES string of the molecule is FC(F)c1cn(-c2ccc(Cl)cc2Br)cn1. The van der Waals surface area contributed by atoms with Gasteiger partial charge >= 0.3 is 0 Å². The monoisotopic (exact) mass is 306 g/mol. The highest BCUT2D eigenvalue weighted by Gasteiger charge is 2.12. The Bertz CT molecular complexity index is 513. The van der Waals surface area contributed by atoms with Crippen molar-refractivity contribution in [1.29, 1.82) is 0 Å². The highest BCUT2D eigenvalue weighted by Crippen LogP contribution is 2.26. The van der Waals surface area contributed by atoms with Crippen molar-refractivity contribution in [2.75, 3.05) is 0 Å². The van der Waals surface area contributed by atoms with Crippen molar-refractivity contribution >= 4 is 27.5 Å². The normalized spacial score (nSPS) is 11.1. The molecule has 1 heterocycles. The summed E-state index contributed by atoms with van der Waals surface area (Å²) in [6.07, 6.45) is 0.0704. The number of aromatic nitrogens is 2. The maximum absolute atomic E-state index is 12.4. The first-order valence-electron chi connectivity index (χ1n) is 4.35. The molecule has 0 aliphatic heterocycles. The zero-order valence-corrected chi connectivity index (χ0v) is 10.2. The molecule has 2 nitrogen and oxygen atoms in total. The number of hydrogen-bond donors (Lipinski definition) is 0. The molecule has 0 radical (unpaired) electrons. The van der Waals surface area contributed by atoms with Crippen LogP contribution >= 0.6 is 27.5 Å². The van der Waals surface area contributed by atoms with E-state index in [0.717, 1.165) is 4.47 Å². The summed E-state index contributed by atoms with van der Waals surface area (Å²) >= 11 is 9.09. The van der Waals surface area contributed by atoms with Crippen LogP contribution in [-0.2, 0) is 0 Å². The van der Waals surface area contributed by atoms with Gasteiger partial charge in [0.1, 0.15) is 5.69 Å². The Balaban J connectivity index is 2.42. The molecule has 1 aromatic carbocycles. The van der Waals surface area contributed by atoms with Crippen molar-refractivity contribution < 1.29 is 8.78 Å². The smallest absolute Gasteiger partial charge is 0.281 e. The Morgan fingerprint density at radius 1 is 1.38 bits per heavy atom. The first-order chi connectivity index (χ1) is 7.58. The minimum atomic E-state index is -2.56. The first-order valence-corrected chi connectivity index (χ1v) is 5.52. The molecule has 2 rings (SSSR count). The van der Waals surface area contributed by atoms with Crippen LogP contribution in [0.3, 0.4) is 0 Å². The maximum Gasteiger partial charge on any atom is 0.281 e. The predicted octanol–water partition coefficient (Wildman–Crippen LogP) is 4.23. The largest absolute Gasteiger partial charge is 0.305 e. The third-order valence-corrected chi connectivity index (χ3v) is 2.88. The van der Waals surface area contributed by atoms with Crippen LogP contribution in [0.5, 0.6) is 0 Å². The molecule has 0 spiro atoms. The van der Waals surface area contributed by atoms with Gasteiger partial charge in [0, 0.05) is 15.7 Å². The molecule has 0 unspecified atom stereocenters. The van der Waals surface area contributed by atoms with E-state index in [-0.39, 0.29) is 5.69 Å². The lowest BCUT2D eigenvalue weighted by atomic mass is 10.3. The van der Waals surface area contributed by atoms with Gasteiger partial charge in [-0.2, -0.15) is 0 Å². The van der Waals surface area contributed by atoms with Crippen molar-refractivity contribution in [3.63, 3.8) is 0 Å². The van der Waals surface area contributed by atoms with E-state index in [1.807, 2.05) is 0 Å². The molecule has 84 valence electrons. The van der Waals surface area contributed by atoms with Crippen LogP contribution in [-0.4, -0.2) is 9.55 Å². The van der Waals surface area contributed by atoms with E-state index in [9.17, 15) is 8.78 Å². The number of hydrogen-bond acceptors (Lipinski definition) is 1. The molecule has 0 saturated heterocycles. The minimum absolute atomic E-state index is 0.248. The lowest BCUT2D eigenvalue weighted by molar-refractivity contribution is 0.146. The summed E-state index contributed by atoms with van der Waals surface area (Å²) in [5, 5.41) is 0.574. The Hall–Kier alpha value is -0.940. The zero-order chi connectivity index (χ0) is 11.7. The topological polar surface area (TPSA) is 17.8 Å². The van der Waals surface area contributed by atoms with Crippen molar-refractivity contribution in [3.05, 3.63) is 45.9 Å². The van der Waals surface area contributed by atoms with E-state index in [4.69, 9.17) is 11.6 Å². The average Bonchev–Trinajstić information content (AvgIpc) is 2.66. The summed E-state index contributed by atoms with van der Waals surface area (Å²) in [6.45, 7) is 0. The summed E-state index contributed by atoms with van der Waals surface area (Å²) in [5.74, 6) is 0. The molecule has 0 bridgehead atoms. The summed E-state index contributed by atoms with van der Waals surface area (Å²) in [6, 6.07) is 5.10. The van der Waals surface area contributed by atoms with Gasteiger partial charge in [0.2, 0.25) is 0 Å². The van der Waals surface area contributed by atoms with Crippen molar-refractivity contribution in [2.45, 2.75) is 6.43 Å². The maximum atomic E-state index is 12.4. The first kappa shape index (κ1) is 11.5. The molecule has 0 N–H and O–H groups in total. The number of halogens is 4. The van der Waals surface area contributed by atoms with Gasteiger partial charge in [-0.1, -0.05) is 11.6 Å². The number of benzene rings is 1. The second kappa shape index (κ2) is 4.51. The second-order valence-corrected chi connectivity index (χ2v) is 4.39. The molecular formula is C10H6BrClF2N2. The standard InChI is InChI=1S/C10H6BrClF2N2/c11-7-3-6(12)1-2-9(7)16-4-8(10(13)14)15-5-16/h1-5,10H. The predicted molar refractivity (Wildman–Crippen MR) is 61.2 cm³/mol.